The Morgan fingerprint density at radius 1 is 1.32 bits per heavy atom. The molecular weight excluding hydrogens is 262 g/mol. The summed E-state index contributed by atoms with van der Waals surface area (Å²) in [5, 5.41) is 0.689. The Kier molecular flexibility index (Phi) is 6.89. The molecule has 0 saturated heterocycles. The van der Waals surface area contributed by atoms with Crippen molar-refractivity contribution in [3.05, 3.63) is 34.9 Å². The number of hydrogen-bond donors (Lipinski definition) is 0. The largest absolute Gasteiger partial charge is 0.383 e. The monoisotopic (exact) mass is 283 g/mol. The van der Waals surface area contributed by atoms with Crippen LogP contribution in [0, 0.1) is 5.92 Å². The average molecular weight is 284 g/mol. The molecule has 0 atom stereocenters. The Labute approximate surface area is 120 Å². The van der Waals surface area contributed by atoms with E-state index in [9.17, 15) is 4.79 Å². The molecule has 0 radical (unpaired) electrons. The highest BCUT2D eigenvalue weighted by atomic mass is 35.5. The molecule has 0 saturated carbocycles. The summed E-state index contributed by atoms with van der Waals surface area (Å²) in [6.07, 6.45) is 0.410. The number of carbonyl (C=O) groups excluding carboxylic acids is 1. The topological polar surface area (TPSA) is 29.5 Å². The van der Waals surface area contributed by atoms with Crippen LogP contribution < -0.4 is 0 Å². The molecule has 106 valence electrons. The smallest absolute Gasteiger partial charge is 0.227 e. The van der Waals surface area contributed by atoms with Crippen molar-refractivity contribution in [2.75, 3.05) is 26.8 Å². The number of ether oxygens (including phenoxy) is 1. The SMILES string of the molecule is COCCN(CC(C)C)C(=O)Cc1ccc(Cl)cc1. The number of amides is 1. The van der Waals surface area contributed by atoms with Crippen LogP contribution in [0.2, 0.25) is 5.02 Å². The van der Waals surface area contributed by atoms with Crippen LogP contribution in [0.15, 0.2) is 24.3 Å². The number of hydrogen-bond acceptors (Lipinski definition) is 2. The third kappa shape index (κ3) is 6.08. The van der Waals surface area contributed by atoms with Crippen molar-refractivity contribution in [1.82, 2.24) is 4.90 Å². The van der Waals surface area contributed by atoms with E-state index in [2.05, 4.69) is 13.8 Å². The van der Waals surface area contributed by atoms with E-state index in [4.69, 9.17) is 16.3 Å². The van der Waals surface area contributed by atoms with E-state index in [1.807, 2.05) is 29.2 Å². The van der Waals surface area contributed by atoms with Crippen LogP contribution in [-0.4, -0.2) is 37.6 Å². The van der Waals surface area contributed by atoms with Gasteiger partial charge < -0.3 is 9.64 Å². The van der Waals surface area contributed by atoms with E-state index >= 15 is 0 Å². The molecule has 0 aliphatic rings. The van der Waals surface area contributed by atoms with Gasteiger partial charge in [-0.05, 0) is 23.6 Å². The van der Waals surface area contributed by atoms with Crippen molar-refractivity contribution < 1.29 is 9.53 Å². The lowest BCUT2D eigenvalue weighted by Crippen LogP contribution is -2.37. The van der Waals surface area contributed by atoms with E-state index in [-0.39, 0.29) is 5.91 Å². The molecule has 19 heavy (non-hydrogen) atoms. The van der Waals surface area contributed by atoms with Crippen molar-refractivity contribution in [2.24, 2.45) is 5.92 Å². The van der Waals surface area contributed by atoms with Gasteiger partial charge >= 0.3 is 0 Å². The van der Waals surface area contributed by atoms with Gasteiger partial charge in [0.1, 0.15) is 0 Å². The van der Waals surface area contributed by atoms with Crippen LogP contribution in [0.3, 0.4) is 0 Å². The van der Waals surface area contributed by atoms with Crippen molar-refractivity contribution in [2.45, 2.75) is 20.3 Å². The second-order valence-corrected chi connectivity index (χ2v) is 5.47. The van der Waals surface area contributed by atoms with Crippen molar-refractivity contribution in [1.29, 1.82) is 0 Å². The molecular formula is C15H22ClNO2. The third-order valence-corrected chi connectivity index (χ3v) is 3.02. The molecule has 1 aromatic rings. The Bertz CT molecular complexity index is 390. The van der Waals surface area contributed by atoms with Crippen LogP contribution in [0.1, 0.15) is 19.4 Å². The lowest BCUT2D eigenvalue weighted by Gasteiger charge is -2.24. The van der Waals surface area contributed by atoms with Crippen LogP contribution in [-0.2, 0) is 16.0 Å². The normalized spacial score (nSPS) is 10.8. The number of benzene rings is 1. The van der Waals surface area contributed by atoms with E-state index in [0.717, 1.165) is 12.1 Å². The molecule has 0 bridgehead atoms. The average Bonchev–Trinajstić information content (AvgIpc) is 2.36. The number of halogens is 1. The summed E-state index contributed by atoms with van der Waals surface area (Å²) in [4.78, 5) is 14.1. The maximum Gasteiger partial charge on any atom is 0.227 e. The number of methoxy groups -OCH3 is 1. The predicted molar refractivity (Wildman–Crippen MR) is 78.5 cm³/mol. The zero-order valence-corrected chi connectivity index (χ0v) is 12.6. The van der Waals surface area contributed by atoms with Gasteiger partial charge in [0.15, 0.2) is 0 Å². The fourth-order valence-electron chi connectivity index (χ4n) is 1.85. The van der Waals surface area contributed by atoms with E-state index < -0.39 is 0 Å². The Hall–Kier alpha value is -1.06. The van der Waals surface area contributed by atoms with Crippen LogP contribution in [0.4, 0.5) is 0 Å². The number of rotatable bonds is 7. The van der Waals surface area contributed by atoms with Gasteiger partial charge in [0.05, 0.1) is 13.0 Å². The molecule has 1 rings (SSSR count). The van der Waals surface area contributed by atoms with Gasteiger partial charge in [0.2, 0.25) is 5.91 Å². The number of carbonyl (C=O) groups is 1. The summed E-state index contributed by atoms with van der Waals surface area (Å²) in [6.45, 7) is 6.18. The maximum absolute atomic E-state index is 12.3. The fourth-order valence-corrected chi connectivity index (χ4v) is 1.97. The highest BCUT2D eigenvalue weighted by Crippen LogP contribution is 2.11. The highest BCUT2D eigenvalue weighted by Gasteiger charge is 2.15. The van der Waals surface area contributed by atoms with Gasteiger partial charge in [0, 0.05) is 25.2 Å². The fraction of sp³-hybridized carbons (Fsp3) is 0.533. The van der Waals surface area contributed by atoms with Gasteiger partial charge in [0.25, 0.3) is 0 Å². The molecule has 0 aromatic heterocycles. The molecule has 3 nitrogen and oxygen atoms in total. The van der Waals surface area contributed by atoms with Gasteiger partial charge in [-0.3, -0.25) is 4.79 Å². The summed E-state index contributed by atoms with van der Waals surface area (Å²) in [5.74, 6) is 0.582. The Morgan fingerprint density at radius 2 is 1.95 bits per heavy atom. The molecule has 0 fully saturated rings. The van der Waals surface area contributed by atoms with E-state index in [0.29, 0.717) is 30.5 Å². The van der Waals surface area contributed by atoms with Gasteiger partial charge in [-0.1, -0.05) is 37.6 Å². The first-order valence-electron chi connectivity index (χ1n) is 6.54. The molecule has 0 aliphatic heterocycles. The first kappa shape index (κ1) is 16.0. The third-order valence-electron chi connectivity index (χ3n) is 2.77. The minimum atomic E-state index is 0.132. The first-order chi connectivity index (χ1) is 9.02. The Morgan fingerprint density at radius 3 is 2.47 bits per heavy atom. The molecule has 4 heteroatoms. The second kappa shape index (κ2) is 8.18. The summed E-state index contributed by atoms with van der Waals surface area (Å²) in [6, 6.07) is 7.41. The molecule has 1 aromatic carbocycles. The van der Waals surface area contributed by atoms with Gasteiger partial charge in [-0.25, -0.2) is 0 Å². The van der Waals surface area contributed by atoms with Gasteiger partial charge in [-0.15, -0.1) is 0 Å². The summed E-state index contributed by atoms with van der Waals surface area (Å²) in [5.41, 5.74) is 0.987. The van der Waals surface area contributed by atoms with Crippen LogP contribution >= 0.6 is 11.6 Å². The lowest BCUT2D eigenvalue weighted by atomic mass is 10.1. The summed E-state index contributed by atoms with van der Waals surface area (Å²) in [7, 11) is 1.65. The molecule has 0 heterocycles. The van der Waals surface area contributed by atoms with E-state index in [1.165, 1.54) is 0 Å². The zero-order valence-electron chi connectivity index (χ0n) is 11.9. The standard InChI is InChI=1S/C15H22ClNO2/c1-12(2)11-17(8-9-19-3)15(18)10-13-4-6-14(16)7-5-13/h4-7,12H,8-11H2,1-3H3. The Balaban J connectivity index is 2.62. The molecule has 0 unspecified atom stereocenters. The molecule has 0 N–H and O–H groups in total. The summed E-state index contributed by atoms with van der Waals surface area (Å²) >= 11 is 5.84. The lowest BCUT2D eigenvalue weighted by molar-refractivity contribution is -0.131. The van der Waals surface area contributed by atoms with Crippen molar-refractivity contribution in [3.8, 4) is 0 Å². The quantitative estimate of drug-likeness (QED) is 0.770. The highest BCUT2D eigenvalue weighted by molar-refractivity contribution is 6.30. The van der Waals surface area contributed by atoms with Gasteiger partial charge in [-0.2, -0.15) is 0 Å². The van der Waals surface area contributed by atoms with Crippen molar-refractivity contribution >= 4 is 17.5 Å². The van der Waals surface area contributed by atoms with E-state index in [1.54, 1.807) is 7.11 Å². The minimum absolute atomic E-state index is 0.132. The minimum Gasteiger partial charge on any atom is -0.383 e. The number of nitrogens with zero attached hydrogens (tertiary/aromatic N) is 1. The molecule has 0 aliphatic carbocycles. The first-order valence-corrected chi connectivity index (χ1v) is 6.92. The predicted octanol–water partition coefficient (Wildman–Crippen LogP) is 3.01. The van der Waals surface area contributed by atoms with Crippen LogP contribution in [0.25, 0.3) is 0 Å². The van der Waals surface area contributed by atoms with Crippen molar-refractivity contribution in [3.63, 3.8) is 0 Å². The molecule has 0 spiro atoms. The summed E-state index contributed by atoms with van der Waals surface area (Å²) < 4.78 is 5.06. The maximum atomic E-state index is 12.3. The molecule has 1 amide bonds. The zero-order chi connectivity index (χ0) is 14.3. The second-order valence-electron chi connectivity index (χ2n) is 5.03. The van der Waals surface area contributed by atoms with Crippen LogP contribution in [0.5, 0.6) is 0 Å².